The standard InChI is InChI=1S/C33H61N3O12S/c1-12-24-33(8,42)27(38)22(6)36(11)17-18(2)16-32(7,41)28(20(4)25(37)21(5)29(39)46-24)48-30-26(23(35(9)10)15-19(3)45-30)47-31(40)44-13-14-49-34-43/h18-28,30,37-38,41-42H,12-17H2,1-11H3/t18-,19-,20+,21-,22-,23?,24-,25+,26-,27-,28-,30+,32-,33-/m1/s1. The molecule has 49 heavy (non-hydrogen) atoms. The third kappa shape index (κ3) is 11.4. The van der Waals surface area contributed by atoms with Crippen LogP contribution in [0.2, 0.25) is 0 Å². The van der Waals surface area contributed by atoms with E-state index in [0.717, 1.165) is 0 Å². The normalized spacial score (nSPS) is 42.1. The monoisotopic (exact) mass is 723 g/mol. The first-order valence-corrected chi connectivity index (χ1v) is 18.1. The largest absolute Gasteiger partial charge is 0.508 e. The molecule has 16 heteroatoms. The number of nitroso groups, excluding NO2 is 1. The average Bonchev–Trinajstić information content (AvgIpc) is 3.02. The zero-order valence-corrected chi connectivity index (χ0v) is 31.8. The van der Waals surface area contributed by atoms with Crippen molar-refractivity contribution >= 4 is 24.1 Å². The van der Waals surface area contributed by atoms with Crippen molar-refractivity contribution in [2.45, 2.75) is 141 Å². The number of carbonyl (C=O) groups excluding carboxylic acids is 2. The third-order valence-electron chi connectivity index (χ3n) is 10.1. The first-order chi connectivity index (χ1) is 22.7. The molecule has 0 saturated carbocycles. The molecule has 2 heterocycles. The summed E-state index contributed by atoms with van der Waals surface area (Å²) in [6.07, 6.45) is -7.61. The van der Waals surface area contributed by atoms with Gasteiger partial charge in [-0.25, -0.2) is 4.79 Å². The molecule has 2 fully saturated rings. The van der Waals surface area contributed by atoms with Gasteiger partial charge in [0.25, 0.3) is 0 Å². The number of aliphatic hydroxyl groups is 4. The third-order valence-corrected chi connectivity index (χ3v) is 10.6. The lowest BCUT2D eigenvalue weighted by Gasteiger charge is -2.47. The fourth-order valence-electron chi connectivity index (χ4n) is 7.19. The molecule has 2 rings (SSSR count). The molecule has 2 saturated heterocycles. The quantitative estimate of drug-likeness (QED) is 0.117. The summed E-state index contributed by atoms with van der Waals surface area (Å²) in [4.78, 5) is 40.4. The maximum absolute atomic E-state index is 13.5. The highest BCUT2D eigenvalue weighted by molar-refractivity contribution is 7.97. The molecule has 0 aromatic rings. The summed E-state index contributed by atoms with van der Waals surface area (Å²) < 4.78 is 32.1. The molecule has 0 aromatic carbocycles. The molecule has 4 N–H and O–H groups in total. The van der Waals surface area contributed by atoms with Crippen LogP contribution in [0.3, 0.4) is 0 Å². The van der Waals surface area contributed by atoms with Gasteiger partial charge in [0.2, 0.25) is 0 Å². The molecule has 0 bridgehead atoms. The molecule has 0 aliphatic carbocycles. The van der Waals surface area contributed by atoms with Gasteiger partial charge in [0.15, 0.2) is 12.4 Å². The van der Waals surface area contributed by atoms with Gasteiger partial charge in [0, 0.05) is 35.0 Å². The van der Waals surface area contributed by atoms with Crippen molar-refractivity contribution in [1.82, 2.24) is 9.80 Å². The van der Waals surface area contributed by atoms with Crippen molar-refractivity contribution in [3.05, 3.63) is 4.91 Å². The Labute approximate surface area is 295 Å². The average molecular weight is 724 g/mol. The molecule has 2 aliphatic heterocycles. The number of cyclic esters (lactones) is 1. The van der Waals surface area contributed by atoms with Gasteiger partial charge in [0.05, 0.1) is 41.6 Å². The Balaban J connectivity index is 2.56. The second-order valence-electron chi connectivity index (χ2n) is 14.7. The van der Waals surface area contributed by atoms with E-state index in [1.807, 2.05) is 37.7 Å². The lowest BCUT2D eigenvalue weighted by atomic mass is 9.78. The molecule has 0 aromatic heterocycles. The Morgan fingerprint density at radius 3 is 2.35 bits per heavy atom. The Kier molecular flexibility index (Phi) is 16.6. The van der Waals surface area contributed by atoms with Crippen LogP contribution in [0.25, 0.3) is 0 Å². The van der Waals surface area contributed by atoms with Crippen LogP contribution in [0.5, 0.6) is 0 Å². The van der Waals surface area contributed by atoms with E-state index in [-0.39, 0.29) is 43.3 Å². The van der Waals surface area contributed by atoms with E-state index < -0.39 is 78.0 Å². The number of rotatable bonds is 9. The summed E-state index contributed by atoms with van der Waals surface area (Å²) in [6, 6.07) is -0.937. The number of ether oxygens (including phenoxy) is 5. The van der Waals surface area contributed by atoms with E-state index in [2.05, 4.69) is 4.58 Å². The Morgan fingerprint density at radius 2 is 1.78 bits per heavy atom. The van der Waals surface area contributed by atoms with Crippen LogP contribution in [0.15, 0.2) is 4.58 Å². The van der Waals surface area contributed by atoms with Gasteiger partial charge in [0.1, 0.15) is 24.4 Å². The van der Waals surface area contributed by atoms with Crippen LogP contribution in [0.1, 0.15) is 74.7 Å². The minimum Gasteiger partial charge on any atom is -0.459 e. The second kappa shape index (κ2) is 18.7. The van der Waals surface area contributed by atoms with Gasteiger partial charge in [-0.2, -0.15) is 0 Å². The van der Waals surface area contributed by atoms with Gasteiger partial charge in [-0.05, 0) is 80.9 Å². The zero-order valence-electron chi connectivity index (χ0n) is 31.0. The first-order valence-electron chi connectivity index (χ1n) is 17.2. The van der Waals surface area contributed by atoms with Crippen molar-refractivity contribution in [2.24, 2.45) is 22.3 Å². The lowest BCUT2D eigenvalue weighted by molar-refractivity contribution is -0.300. The van der Waals surface area contributed by atoms with E-state index >= 15 is 0 Å². The summed E-state index contributed by atoms with van der Waals surface area (Å²) in [5.74, 6) is -2.83. The smallest absolute Gasteiger partial charge is 0.459 e. The summed E-state index contributed by atoms with van der Waals surface area (Å²) in [5.41, 5.74) is -3.42. The number of hydrogen-bond donors (Lipinski definition) is 4. The maximum atomic E-state index is 13.5. The Morgan fingerprint density at radius 1 is 1.14 bits per heavy atom. The molecule has 286 valence electrons. The van der Waals surface area contributed by atoms with Crippen molar-refractivity contribution in [2.75, 3.05) is 40.0 Å². The number of aliphatic hydroxyl groups excluding tert-OH is 2. The van der Waals surface area contributed by atoms with Crippen molar-refractivity contribution in [3.8, 4) is 0 Å². The predicted molar refractivity (Wildman–Crippen MR) is 183 cm³/mol. The molecule has 1 unspecified atom stereocenters. The summed E-state index contributed by atoms with van der Waals surface area (Å²) in [6.45, 7) is 13.8. The molecule has 2 aliphatic rings. The highest BCUT2D eigenvalue weighted by Gasteiger charge is 2.51. The van der Waals surface area contributed by atoms with Gasteiger partial charge in [-0.15, -0.1) is 4.91 Å². The van der Waals surface area contributed by atoms with Crippen molar-refractivity contribution in [1.29, 1.82) is 0 Å². The van der Waals surface area contributed by atoms with Gasteiger partial charge < -0.3 is 53.9 Å². The molecular formula is C33H61N3O12S. The Hall–Kier alpha value is -1.63. The van der Waals surface area contributed by atoms with E-state index in [1.54, 1.807) is 34.7 Å². The topological polar surface area (TPSA) is 197 Å². The van der Waals surface area contributed by atoms with Crippen LogP contribution in [-0.2, 0) is 28.5 Å². The summed E-state index contributed by atoms with van der Waals surface area (Å²) in [7, 11) is 5.45. The number of hydrogen-bond acceptors (Lipinski definition) is 16. The van der Waals surface area contributed by atoms with Crippen LogP contribution in [0.4, 0.5) is 4.79 Å². The number of carbonyl (C=O) groups is 2. The molecule has 0 spiro atoms. The molecule has 14 atom stereocenters. The summed E-state index contributed by atoms with van der Waals surface area (Å²) >= 11 is 0.708. The van der Waals surface area contributed by atoms with E-state index in [9.17, 15) is 34.9 Å². The highest BCUT2D eigenvalue weighted by atomic mass is 32.2. The number of esters is 1. The fourth-order valence-corrected chi connectivity index (χ4v) is 7.43. The molecule has 15 nitrogen and oxygen atoms in total. The van der Waals surface area contributed by atoms with Crippen LogP contribution < -0.4 is 0 Å². The van der Waals surface area contributed by atoms with E-state index in [0.29, 0.717) is 24.9 Å². The van der Waals surface area contributed by atoms with Crippen molar-refractivity contribution < 1.29 is 53.7 Å². The minimum absolute atomic E-state index is 0.109. The van der Waals surface area contributed by atoms with E-state index in [4.69, 9.17) is 23.7 Å². The molecule has 0 amide bonds. The SMILES string of the molecule is CC[C@H]1OC(=O)[C@H](C)[C@@H](O)[C@H](C)[C@@H](O[C@@H]2O[C@H](C)CC(N(C)C)[C@H]2OC(=O)OCCSN=O)[C@](C)(O)C[C@@H](C)CN(C)[C@H](C)[C@@H](O)[C@]1(C)O. The van der Waals surface area contributed by atoms with Crippen molar-refractivity contribution in [3.63, 3.8) is 0 Å². The first kappa shape index (κ1) is 43.5. The lowest BCUT2D eigenvalue weighted by Crippen LogP contribution is -2.60. The Bertz CT molecular complexity index is 1070. The maximum Gasteiger partial charge on any atom is 0.508 e. The highest BCUT2D eigenvalue weighted by Crippen LogP contribution is 2.37. The van der Waals surface area contributed by atoms with Gasteiger partial charge in [-0.3, -0.25) is 4.79 Å². The fraction of sp³-hybridized carbons (Fsp3) is 0.939. The number of likely N-dealkylation sites (N-methyl/N-ethyl adjacent to an activating group) is 2. The van der Waals surface area contributed by atoms with Gasteiger partial charge in [-0.1, -0.05) is 20.8 Å². The summed E-state index contributed by atoms with van der Waals surface area (Å²) in [5, 5.41) is 46.5. The molecule has 0 radical (unpaired) electrons. The van der Waals surface area contributed by atoms with Crippen LogP contribution in [-0.4, -0.2) is 149 Å². The van der Waals surface area contributed by atoms with Crippen LogP contribution >= 0.6 is 11.9 Å². The number of nitrogens with zero attached hydrogens (tertiary/aromatic N) is 3. The molecular weight excluding hydrogens is 662 g/mol. The van der Waals surface area contributed by atoms with Crippen LogP contribution in [0, 0.1) is 22.7 Å². The van der Waals surface area contributed by atoms with E-state index in [1.165, 1.54) is 13.8 Å². The zero-order chi connectivity index (χ0) is 37.4. The predicted octanol–water partition coefficient (Wildman–Crippen LogP) is 2.55. The minimum atomic E-state index is -1.80. The van der Waals surface area contributed by atoms with Gasteiger partial charge >= 0.3 is 12.1 Å². The second-order valence-corrected chi connectivity index (χ2v) is 15.5.